The molecule has 1 heterocycles. The van der Waals surface area contributed by atoms with Gasteiger partial charge in [0.05, 0.1) is 29.4 Å². The van der Waals surface area contributed by atoms with Gasteiger partial charge in [-0.3, -0.25) is 14.4 Å². The molecule has 5 rings (SSSR count). The predicted molar refractivity (Wildman–Crippen MR) is 124 cm³/mol. The summed E-state index contributed by atoms with van der Waals surface area (Å²) < 4.78 is 11.8. The normalized spacial score (nSPS) is 31.4. The average Bonchev–Trinajstić information content (AvgIpc) is 2.80. The molecule has 0 radical (unpaired) electrons. The minimum atomic E-state index is -1.85. The summed E-state index contributed by atoms with van der Waals surface area (Å²) in [5.74, 6) is -2.73. The standard InChI is InChI=1S/C26H27NO9/c1-10-22(30)15(27)7-18(35-10)36-17-9-26(34,11(2)28)8-12-6-14-21(24(32)19(12)17)25(33)20-13(23(14)31)4-3-5-16(20)29/h3-6,10,15,17-18,22,29-30,32,34H,7-9,27H2,1-2H3/t10-,15-,17-,18+,22+,26+/m1/s1. The number of carbonyl (C=O) groups is 3. The highest BCUT2D eigenvalue weighted by Crippen LogP contribution is 2.48. The minimum absolute atomic E-state index is 0.00516. The van der Waals surface area contributed by atoms with Crippen LogP contribution in [-0.4, -0.2) is 67.9 Å². The number of phenols is 2. The van der Waals surface area contributed by atoms with Gasteiger partial charge in [-0.25, -0.2) is 0 Å². The maximum absolute atomic E-state index is 13.3. The van der Waals surface area contributed by atoms with E-state index in [4.69, 9.17) is 15.2 Å². The third kappa shape index (κ3) is 3.64. The molecule has 36 heavy (non-hydrogen) atoms. The van der Waals surface area contributed by atoms with Crippen molar-refractivity contribution in [1.29, 1.82) is 0 Å². The summed E-state index contributed by atoms with van der Waals surface area (Å²) in [6.07, 6.45) is -3.91. The molecule has 2 aliphatic carbocycles. The first-order valence-electron chi connectivity index (χ1n) is 11.7. The van der Waals surface area contributed by atoms with E-state index in [9.17, 15) is 34.8 Å². The highest BCUT2D eigenvalue weighted by atomic mass is 16.7. The number of benzene rings is 2. The third-order valence-electron chi connectivity index (χ3n) is 7.46. The van der Waals surface area contributed by atoms with Crippen molar-refractivity contribution in [2.24, 2.45) is 5.73 Å². The zero-order valence-electron chi connectivity index (χ0n) is 19.7. The molecule has 2 aromatic rings. The van der Waals surface area contributed by atoms with Gasteiger partial charge in [0.15, 0.2) is 17.9 Å². The molecule has 0 unspecified atom stereocenters. The Kier molecular flexibility index (Phi) is 5.77. The fraction of sp³-hybridized carbons (Fsp3) is 0.423. The lowest BCUT2D eigenvalue weighted by atomic mass is 9.72. The molecule has 10 heteroatoms. The number of rotatable bonds is 3. The van der Waals surface area contributed by atoms with E-state index in [2.05, 4.69) is 0 Å². The summed E-state index contributed by atoms with van der Waals surface area (Å²) in [7, 11) is 0. The quantitative estimate of drug-likeness (QED) is 0.351. The summed E-state index contributed by atoms with van der Waals surface area (Å²) in [5.41, 5.74) is 4.00. The van der Waals surface area contributed by atoms with Crippen LogP contribution in [0, 0.1) is 0 Å². The smallest absolute Gasteiger partial charge is 0.201 e. The summed E-state index contributed by atoms with van der Waals surface area (Å²) in [4.78, 5) is 39.0. The molecule has 190 valence electrons. The van der Waals surface area contributed by atoms with E-state index < -0.39 is 59.3 Å². The van der Waals surface area contributed by atoms with Crippen LogP contribution in [0.3, 0.4) is 0 Å². The number of aromatic hydroxyl groups is 2. The van der Waals surface area contributed by atoms with Crippen LogP contribution >= 0.6 is 0 Å². The number of hydrogen-bond donors (Lipinski definition) is 5. The molecule has 10 nitrogen and oxygen atoms in total. The van der Waals surface area contributed by atoms with Crippen LogP contribution in [0.1, 0.15) is 75.8 Å². The Morgan fingerprint density at radius 1 is 1.17 bits per heavy atom. The molecule has 0 bridgehead atoms. The SMILES string of the molecule is CC(=O)[C@]1(O)Cc2cc3c(c(O)c2[C@H](O[C@H]2C[C@@H](N)[C@@H](O)[C@@H](C)O2)C1)C(=O)c1c(O)cccc1C3=O. The van der Waals surface area contributed by atoms with Gasteiger partial charge in [0.25, 0.3) is 0 Å². The Balaban J connectivity index is 1.63. The van der Waals surface area contributed by atoms with Crippen molar-refractivity contribution in [3.8, 4) is 11.5 Å². The lowest BCUT2D eigenvalue weighted by molar-refractivity contribution is -0.247. The van der Waals surface area contributed by atoms with E-state index >= 15 is 0 Å². The van der Waals surface area contributed by atoms with Crippen molar-refractivity contribution in [2.45, 2.75) is 69.4 Å². The zero-order chi connectivity index (χ0) is 26.1. The Labute approximate surface area is 206 Å². The van der Waals surface area contributed by atoms with E-state index in [0.717, 1.165) is 0 Å². The van der Waals surface area contributed by atoms with E-state index in [1.165, 1.54) is 31.2 Å². The fourth-order valence-electron chi connectivity index (χ4n) is 5.43. The Bertz CT molecular complexity index is 1290. The highest BCUT2D eigenvalue weighted by molar-refractivity contribution is 6.30. The number of Topliss-reactive ketones (excluding diaryl/α,β-unsaturated/α-hetero) is 1. The van der Waals surface area contributed by atoms with Gasteiger partial charge in [0.2, 0.25) is 5.78 Å². The van der Waals surface area contributed by atoms with Gasteiger partial charge in [-0.05, 0) is 31.5 Å². The summed E-state index contributed by atoms with van der Waals surface area (Å²) in [6, 6.07) is 4.87. The van der Waals surface area contributed by atoms with Crippen molar-refractivity contribution < 1.29 is 44.3 Å². The average molecular weight is 498 g/mol. The van der Waals surface area contributed by atoms with E-state index in [1.54, 1.807) is 6.92 Å². The van der Waals surface area contributed by atoms with Crippen LogP contribution in [0.25, 0.3) is 0 Å². The highest BCUT2D eigenvalue weighted by Gasteiger charge is 2.47. The number of phenolic OH excluding ortho intramolecular Hbond substituents is 2. The minimum Gasteiger partial charge on any atom is -0.507 e. The summed E-state index contributed by atoms with van der Waals surface area (Å²) in [5, 5.41) is 42.8. The molecule has 0 amide bonds. The summed E-state index contributed by atoms with van der Waals surface area (Å²) >= 11 is 0. The second kappa shape index (κ2) is 8.46. The van der Waals surface area contributed by atoms with Crippen molar-refractivity contribution >= 4 is 17.3 Å². The molecule has 0 saturated carbocycles. The number of fused-ring (bicyclic) bond motifs is 3. The van der Waals surface area contributed by atoms with Gasteiger partial charge < -0.3 is 35.6 Å². The Hall–Kier alpha value is -3.15. The fourth-order valence-corrected chi connectivity index (χ4v) is 5.43. The number of nitrogens with two attached hydrogens (primary N) is 1. The van der Waals surface area contributed by atoms with Crippen LogP contribution in [0.2, 0.25) is 0 Å². The summed E-state index contributed by atoms with van der Waals surface area (Å²) in [6.45, 7) is 2.86. The number of aliphatic hydroxyl groups excluding tert-OH is 1. The monoisotopic (exact) mass is 497 g/mol. The largest absolute Gasteiger partial charge is 0.507 e. The first kappa shape index (κ1) is 24.5. The van der Waals surface area contributed by atoms with E-state index in [-0.39, 0.29) is 58.4 Å². The lowest BCUT2D eigenvalue weighted by Gasteiger charge is -2.42. The maximum Gasteiger partial charge on any atom is 0.201 e. The van der Waals surface area contributed by atoms with E-state index in [0.29, 0.717) is 0 Å². The van der Waals surface area contributed by atoms with Crippen LogP contribution in [0.15, 0.2) is 24.3 Å². The van der Waals surface area contributed by atoms with Crippen LogP contribution in [-0.2, 0) is 20.7 Å². The van der Waals surface area contributed by atoms with Gasteiger partial charge in [-0.15, -0.1) is 0 Å². The lowest BCUT2D eigenvalue weighted by Crippen LogP contribution is -2.52. The molecule has 0 spiro atoms. The predicted octanol–water partition coefficient (Wildman–Crippen LogP) is 1.02. The first-order valence-corrected chi connectivity index (χ1v) is 11.7. The molecule has 6 atom stereocenters. The van der Waals surface area contributed by atoms with Crippen LogP contribution in [0.4, 0.5) is 0 Å². The van der Waals surface area contributed by atoms with Crippen molar-refractivity contribution in [3.63, 3.8) is 0 Å². The number of hydrogen-bond acceptors (Lipinski definition) is 10. The number of ketones is 3. The first-order chi connectivity index (χ1) is 16.9. The van der Waals surface area contributed by atoms with Gasteiger partial charge in [-0.2, -0.15) is 0 Å². The Morgan fingerprint density at radius 2 is 1.89 bits per heavy atom. The van der Waals surface area contributed by atoms with Gasteiger partial charge in [-0.1, -0.05) is 12.1 Å². The molecule has 1 fully saturated rings. The second-order valence-electron chi connectivity index (χ2n) is 9.83. The molecule has 3 aliphatic rings. The molecule has 1 saturated heterocycles. The third-order valence-corrected chi connectivity index (χ3v) is 7.46. The molecular formula is C26H27NO9. The van der Waals surface area contributed by atoms with Crippen LogP contribution in [0.5, 0.6) is 11.5 Å². The molecule has 2 aromatic carbocycles. The molecule has 6 N–H and O–H groups in total. The molecule has 0 aromatic heterocycles. The van der Waals surface area contributed by atoms with Crippen LogP contribution < -0.4 is 5.73 Å². The van der Waals surface area contributed by atoms with Crippen molar-refractivity contribution in [3.05, 3.63) is 57.6 Å². The maximum atomic E-state index is 13.3. The van der Waals surface area contributed by atoms with E-state index in [1.807, 2.05) is 0 Å². The van der Waals surface area contributed by atoms with Crippen molar-refractivity contribution in [2.75, 3.05) is 0 Å². The zero-order valence-corrected chi connectivity index (χ0v) is 19.7. The number of ether oxygens (including phenoxy) is 2. The van der Waals surface area contributed by atoms with Gasteiger partial charge in [0.1, 0.15) is 17.1 Å². The number of aliphatic hydroxyl groups is 2. The van der Waals surface area contributed by atoms with Gasteiger partial charge in [0, 0.05) is 42.0 Å². The second-order valence-corrected chi connectivity index (χ2v) is 9.83. The van der Waals surface area contributed by atoms with Crippen molar-refractivity contribution in [1.82, 2.24) is 0 Å². The topological polar surface area (TPSA) is 177 Å². The molecular weight excluding hydrogens is 470 g/mol. The molecule has 1 aliphatic heterocycles. The number of carbonyl (C=O) groups excluding carboxylic acids is 3. The Morgan fingerprint density at radius 3 is 2.56 bits per heavy atom. The van der Waals surface area contributed by atoms with Gasteiger partial charge >= 0.3 is 0 Å².